The zero-order chi connectivity index (χ0) is 17.6. The molecule has 23 heavy (non-hydrogen) atoms. The third-order valence-electron chi connectivity index (χ3n) is 3.32. The van der Waals surface area contributed by atoms with Gasteiger partial charge in [-0.15, -0.1) is 0 Å². The lowest BCUT2D eigenvalue weighted by atomic mass is 9.97. The van der Waals surface area contributed by atoms with Crippen LogP contribution in [0.25, 0.3) is 0 Å². The summed E-state index contributed by atoms with van der Waals surface area (Å²) in [6.45, 7) is 10.4. The van der Waals surface area contributed by atoms with Gasteiger partial charge in [-0.3, -0.25) is 0 Å². The van der Waals surface area contributed by atoms with Crippen LogP contribution in [0.3, 0.4) is 0 Å². The number of rotatable bonds is 5. The minimum atomic E-state index is -0.540. The molecule has 0 atom stereocenters. The topological polar surface area (TPSA) is 85.7 Å². The number of allylic oxidation sites excluding steroid dienone is 1. The van der Waals surface area contributed by atoms with E-state index in [0.717, 1.165) is 16.8 Å². The summed E-state index contributed by atoms with van der Waals surface area (Å²) in [5, 5.41) is 20.2. The lowest BCUT2D eigenvalue weighted by molar-refractivity contribution is 0.0258. The summed E-state index contributed by atoms with van der Waals surface area (Å²) in [5.41, 5.74) is 1.99. The number of hydrogen-bond acceptors (Lipinski definition) is 5. The Labute approximate surface area is 138 Å². The average Bonchev–Trinajstić information content (AvgIpc) is 2.44. The predicted octanol–water partition coefficient (Wildman–Crippen LogP) is 2.45. The zero-order valence-corrected chi connectivity index (χ0v) is 14.8. The Kier molecular flexibility index (Phi) is 6.81. The number of aliphatic hydroxyl groups excluding tert-OH is 1. The van der Waals surface area contributed by atoms with Crippen molar-refractivity contribution in [2.24, 2.45) is 0 Å². The van der Waals surface area contributed by atoms with Gasteiger partial charge in [-0.1, -0.05) is 0 Å². The molecule has 0 unspecified atom stereocenters. The Morgan fingerprint density at radius 1 is 1.48 bits per heavy atom. The molecule has 0 saturated carbocycles. The fraction of sp³-hybridized carbons (Fsp3) is 0.647. The first-order valence-corrected chi connectivity index (χ1v) is 7.95. The van der Waals surface area contributed by atoms with Gasteiger partial charge in [-0.2, -0.15) is 0 Å². The SMILES string of the molecule is CC(C)N/C(=C\C=N)C1=C(CO)CCN(C(=O)OC(C)(C)C)C1. The van der Waals surface area contributed by atoms with Crippen LogP contribution in [0.1, 0.15) is 41.0 Å². The Bertz CT molecular complexity index is 502. The maximum Gasteiger partial charge on any atom is 0.410 e. The van der Waals surface area contributed by atoms with Gasteiger partial charge >= 0.3 is 6.09 Å². The molecule has 0 bridgehead atoms. The highest BCUT2D eigenvalue weighted by Crippen LogP contribution is 2.24. The number of hydrogen-bond donors (Lipinski definition) is 3. The van der Waals surface area contributed by atoms with Gasteiger partial charge < -0.3 is 25.5 Å². The van der Waals surface area contributed by atoms with Crippen molar-refractivity contribution in [1.82, 2.24) is 10.2 Å². The Morgan fingerprint density at radius 3 is 2.61 bits per heavy atom. The van der Waals surface area contributed by atoms with Crippen LogP contribution in [-0.4, -0.2) is 53.7 Å². The molecular formula is C17H29N3O3. The summed E-state index contributed by atoms with van der Waals surface area (Å²) < 4.78 is 5.43. The van der Waals surface area contributed by atoms with Gasteiger partial charge in [0.05, 0.1) is 13.2 Å². The number of carbonyl (C=O) groups is 1. The summed E-state index contributed by atoms with van der Waals surface area (Å²) in [6, 6.07) is 0.186. The Hall–Kier alpha value is -1.82. The van der Waals surface area contributed by atoms with Crippen LogP contribution in [0.15, 0.2) is 22.9 Å². The molecule has 0 saturated heterocycles. The molecule has 0 aromatic heterocycles. The lowest BCUT2D eigenvalue weighted by Crippen LogP contribution is -2.42. The van der Waals surface area contributed by atoms with Crippen LogP contribution >= 0.6 is 0 Å². The van der Waals surface area contributed by atoms with Gasteiger partial charge in [0.25, 0.3) is 0 Å². The summed E-state index contributed by atoms with van der Waals surface area (Å²) in [5.74, 6) is 0. The lowest BCUT2D eigenvalue weighted by Gasteiger charge is -2.33. The first-order valence-electron chi connectivity index (χ1n) is 7.95. The molecule has 0 aromatic rings. The molecular weight excluding hydrogens is 294 g/mol. The average molecular weight is 323 g/mol. The van der Waals surface area contributed by atoms with Crippen molar-refractivity contribution in [3.63, 3.8) is 0 Å². The zero-order valence-electron chi connectivity index (χ0n) is 14.8. The molecule has 0 spiro atoms. The number of nitrogens with one attached hydrogen (secondary N) is 2. The van der Waals surface area contributed by atoms with E-state index in [1.165, 1.54) is 6.21 Å². The Balaban J connectivity index is 3.02. The number of aliphatic hydroxyl groups is 1. The summed E-state index contributed by atoms with van der Waals surface area (Å²) in [6.07, 6.45) is 3.11. The van der Waals surface area contributed by atoms with Crippen molar-refractivity contribution >= 4 is 12.3 Å². The van der Waals surface area contributed by atoms with Crippen molar-refractivity contribution < 1.29 is 14.6 Å². The first-order chi connectivity index (χ1) is 10.7. The summed E-state index contributed by atoms with van der Waals surface area (Å²) in [7, 11) is 0. The van der Waals surface area contributed by atoms with Gasteiger partial charge in [0.2, 0.25) is 0 Å². The molecule has 1 heterocycles. The van der Waals surface area contributed by atoms with E-state index in [1.54, 1.807) is 11.0 Å². The third kappa shape index (κ3) is 6.06. The van der Waals surface area contributed by atoms with Crippen molar-refractivity contribution in [2.75, 3.05) is 19.7 Å². The van der Waals surface area contributed by atoms with Gasteiger partial charge in [0.15, 0.2) is 0 Å². The van der Waals surface area contributed by atoms with E-state index in [1.807, 2.05) is 34.6 Å². The quantitative estimate of drug-likeness (QED) is 0.678. The highest BCUT2D eigenvalue weighted by Gasteiger charge is 2.28. The number of nitrogens with zero attached hydrogens (tertiary/aromatic N) is 1. The molecule has 0 radical (unpaired) electrons. The molecule has 1 amide bonds. The van der Waals surface area contributed by atoms with E-state index in [9.17, 15) is 9.90 Å². The molecule has 6 heteroatoms. The normalized spacial score (nSPS) is 16.7. The molecule has 1 aliphatic rings. The standard InChI is InChI=1S/C17H29N3O3/c1-12(2)19-15(6-8-18)14-10-20(9-7-13(14)11-21)16(22)23-17(3,4)5/h6,8,12,18-19,21H,7,9-11H2,1-5H3/b15-6-,18-8?. The van der Waals surface area contributed by atoms with Crippen LogP contribution in [0.5, 0.6) is 0 Å². The van der Waals surface area contributed by atoms with Gasteiger partial charge in [0.1, 0.15) is 5.60 Å². The summed E-state index contributed by atoms with van der Waals surface area (Å²) >= 11 is 0. The number of ether oxygens (including phenoxy) is 1. The smallest absolute Gasteiger partial charge is 0.410 e. The second kappa shape index (κ2) is 8.15. The van der Waals surface area contributed by atoms with Crippen LogP contribution in [0.4, 0.5) is 4.79 Å². The van der Waals surface area contributed by atoms with Crippen LogP contribution in [0, 0.1) is 5.41 Å². The van der Waals surface area contributed by atoms with Crippen molar-refractivity contribution in [3.05, 3.63) is 22.9 Å². The van der Waals surface area contributed by atoms with E-state index in [0.29, 0.717) is 19.5 Å². The maximum atomic E-state index is 12.3. The molecule has 1 rings (SSSR count). The van der Waals surface area contributed by atoms with E-state index >= 15 is 0 Å². The molecule has 6 nitrogen and oxygen atoms in total. The summed E-state index contributed by atoms with van der Waals surface area (Å²) in [4.78, 5) is 13.9. The van der Waals surface area contributed by atoms with Crippen LogP contribution in [0.2, 0.25) is 0 Å². The van der Waals surface area contributed by atoms with Gasteiger partial charge in [-0.25, -0.2) is 4.79 Å². The number of carbonyl (C=O) groups excluding carboxylic acids is 1. The van der Waals surface area contributed by atoms with Crippen molar-refractivity contribution in [2.45, 2.75) is 52.7 Å². The fourth-order valence-corrected chi connectivity index (χ4v) is 2.37. The van der Waals surface area contributed by atoms with E-state index in [4.69, 9.17) is 10.1 Å². The first kappa shape index (κ1) is 19.2. The van der Waals surface area contributed by atoms with Gasteiger partial charge in [-0.05, 0) is 58.3 Å². The van der Waals surface area contributed by atoms with E-state index in [2.05, 4.69) is 5.32 Å². The molecule has 0 aliphatic carbocycles. The van der Waals surface area contributed by atoms with Crippen molar-refractivity contribution in [3.8, 4) is 0 Å². The highest BCUT2D eigenvalue weighted by atomic mass is 16.6. The highest BCUT2D eigenvalue weighted by molar-refractivity contribution is 5.72. The third-order valence-corrected chi connectivity index (χ3v) is 3.32. The number of amides is 1. The molecule has 0 fully saturated rings. The fourth-order valence-electron chi connectivity index (χ4n) is 2.37. The minimum Gasteiger partial charge on any atom is -0.444 e. The molecule has 130 valence electrons. The second-order valence-corrected chi connectivity index (χ2v) is 6.94. The maximum absolute atomic E-state index is 12.3. The van der Waals surface area contributed by atoms with E-state index in [-0.39, 0.29) is 18.7 Å². The molecule has 3 N–H and O–H groups in total. The van der Waals surface area contributed by atoms with E-state index < -0.39 is 5.60 Å². The Morgan fingerprint density at radius 2 is 2.13 bits per heavy atom. The predicted molar refractivity (Wildman–Crippen MR) is 91.7 cm³/mol. The minimum absolute atomic E-state index is 0.0490. The molecule has 1 aliphatic heterocycles. The molecule has 0 aromatic carbocycles. The van der Waals surface area contributed by atoms with Gasteiger partial charge in [0, 0.05) is 24.5 Å². The second-order valence-electron chi connectivity index (χ2n) is 6.94. The van der Waals surface area contributed by atoms with Crippen LogP contribution < -0.4 is 5.32 Å². The monoisotopic (exact) mass is 323 g/mol. The largest absolute Gasteiger partial charge is 0.444 e. The van der Waals surface area contributed by atoms with Crippen LogP contribution in [-0.2, 0) is 4.74 Å². The van der Waals surface area contributed by atoms with Crippen molar-refractivity contribution in [1.29, 1.82) is 5.41 Å².